The highest BCUT2D eigenvalue weighted by Gasteiger charge is 2.20. The summed E-state index contributed by atoms with van der Waals surface area (Å²) in [5.41, 5.74) is 0. The number of urea groups is 1. The number of ether oxygens (including phenoxy) is 1. The molecule has 0 aliphatic heterocycles. The molecule has 0 aliphatic carbocycles. The molecule has 0 unspecified atom stereocenters. The van der Waals surface area contributed by atoms with Crippen molar-refractivity contribution >= 4 is 12.0 Å². The van der Waals surface area contributed by atoms with Gasteiger partial charge in [-0.15, -0.1) is 0 Å². The number of rotatable bonds is 7. The van der Waals surface area contributed by atoms with Gasteiger partial charge in [0.1, 0.15) is 6.54 Å². The van der Waals surface area contributed by atoms with Gasteiger partial charge in [-0.2, -0.15) is 0 Å². The number of likely N-dealkylation sites (N-methyl/N-ethyl adjacent to an activating group) is 1. The second-order valence-corrected chi connectivity index (χ2v) is 4.37. The number of carboxylic acids is 1. The van der Waals surface area contributed by atoms with Crippen molar-refractivity contribution in [3.8, 4) is 0 Å². The van der Waals surface area contributed by atoms with E-state index in [-0.39, 0.29) is 18.5 Å². The first-order valence-electron chi connectivity index (χ1n) is 5.59. The lowest BCUT2D eigenvalue weighted by Crippen LogP contribution is -2.46. The Kier molecular flexibility index (Phi) is 7.29. The molecule has 2 amide bonds. The molecular weight excluding hydrogens is 224 g/mol. The normalized spacial score (nSPS) is 10.4. The van der Waals surface area contributed by atoms with Crippen molar-refractivity contribution in [3.05, 3.63) is 0 Å². The first-order chi connectivity index (χ1) is 7.88. The van der Waals surface area contributed by atoms with Crippen LogP contribution in [0.15, 0.2) is 0 Å². The van der Waals surface area contributed by atoms with Crippen molar-refractivity contribution in [1.29, 1.82) is 0 Å². The number of carbonyl (C=O) groups excluding carboxylic acids is 1. The third-order valence-electron chi connectivity index (χ3n) is 2.14. The predicted molar refractivity (Wildman–Crippen MR) is 63.9 cm³/mol. The lowest BCUT2D eigenvalue weighted by Gasteiger charge is -2.28. The van der Waals surface area contributed by atoms with Crippen molar-refractivity contribution in [2.75, 3.05) is 40.4 Å². The molecule has 0 saturated heterocycles. The molecule has 0 atom stereocenters. The zero-order valence-electron chi connectivity index (χ0n) is 11.0. The van der Waals surface area contributed by atoms with Crippen LogP contribution in [0.4, 0.5) is 4.79 Å². The number of carbonyl (C=O) groups is 2. The molecule has 0 aromatic carbocycles. The SMILES string of the molecule is COCCN(C)C(=O)N(CC(=O)O)CC(C)C. The lowest BCUT2D eigenvalue weighted by atomic mass is 10.2. The van der Waals surface area contributed by atoms with E-state index in [0.29, 0.717) is 19.7 Å². The molecule has 0 bridgehead atoms. The Morgan fingerprint density at radius 3 is 2.35 bits per heavy atom. The van der Waals surface area contributed by atoms with Crippen LogP contribution in [-0.4, -0.2) is 67.3 Å². The van der Waals surface area contributed by atoms with Gasteiger partial charge in [-0.3, -0.25) is 4.79 Å². The molecule has 6 nitrogen and oxygen atoms in total. The molecule has 0 aromatic rings. The number of nitrogens with zero attached hydrogens (tertiary/aromatic N) is 2. The number of amides is 2. The van der Waals surface area contributed by atoms with Crippen LogP contribution in [0.25, 0.3) is 0 Å². The fourth-order valence-corrected chi connectivity index (χ4v) is 1.38. The van der Waals surface area contributed by atoms with E-state index in [4.69, 9.17) is 9.84 Å². The number of carboxylic acid groups (broad SMARTS) is 1. The molecule has 17 heavy (non-hydrogen) atoms. The van der Waals surface area contributed by atoms with Crippen LogP contribution in [0.2, 0.25) is 0 Å². The summed E-state index contributed by atoms with van der Waals surface area (Å²) in [5.74, 6) is -0.770. The monoisotopic (exact) mass is 246 g/mol. The summed E-state index contributed by atoms with van der Waals surface area (Å²) in [7, 11) is 3.19. The van der Waals surface area contributed by atoms with Crippen LogP contribution in [0.5, 0.6) is 0 Å². The van der Waals surface area contributed by atoms with E-state index >= 15 is 0 Å². The number of hydrogen-bond donors (Lipinski definition) is 1. The Balaban J connectivity index is 4.44. The average Bonchev–Trinajstić information content (AvgIpc) is 2.22. The Morgan fingerprint density at radius 1 is 1.35 bits per heavy atom. The Labute approximate surface area is 102 Å². The first-order valence-corrected chi connectivity index (χ1v) is 5.59. The minimum absolute atomic E-state index is 0.231. The minimum Gasteiger partial charge on any atom is -0.480 e. The second kappa shape index (κ2) is 7.89. The molecule has 0 aromatic heterocycles. The smallest absolute Gasteiger partial charge is 0.323 e. The van der Waals surface area contributed by atoms with E-state index in [1.807, 2.05) is 13.8 Å². The van der Waals surface area contributed by atoms with Crippen LogP contribution in [0.3, 0.4) is 0 Å². The van der Waals surface area contributed by atoms with Crippen molar-refractivity contribution < 1.29 is 19.4 Å². The molecule has 1 N–H and O–H groups in total. The molecule has 6 heteroatoms. The van der Waals surface area contributed by atoms with Crippen LogP contribution in [0, 0.1) is 5.92 Å². The highest BCUT2D eigenvalue weighted by molar-refractivity contribution is 5.80. The van der Waals surface area contributed by atoms with Gasteiger partial charge in [0.05, 0.1) is 6.61 Å². The lowest BCUT2D eigenvalue weighted by molar-refractivity contribution is -0.137. The van der Waals surface area contributed by atoms with Gasteiger partial charge in [0.2, 0.25) is 0 Å². The number of aliphatic carboxylic acids is 1. The summed E-state index contributed by atoms with van der Waals surface area (Å²) in [5, 5.41) is 8.77. The number of methoxy groups -OCH3 is 1. The van der Waals surface area contributed by atoms with Gasteiger partial charge in [0, 0.05) is 27.2 Å². The molecule has 0 fully saturated rings. The van der Waals surface area contributed by atoms with Crippen molar-refractivity contribution in [2.45, 2.75) is 13.8 Å². The molecule has 0 rings (SSSR count). The highest BCUT2D eigenvalue weighted by Crippen LogP contribution is 2.03. The third-order valence-corrected chi connectivity index (χ3v) is 2.14. The minimum atomic E-state index is -1.00. The summed E-state index contributed by atoms with van der Waals surface area (Å²) < 4.78 is 4.88. The Morgan fingerprint density at radius 2 is 1.94 bits per heavy atom. The maximum absolute atomic E-state index is 12.0. The van der Waals surface area contributed by atoms with E-state index in [0.717, 1.165) is 0 Å². The van der Waals surface area contributed by atoms with Gasteiger partial charge < -0.3 is 19.6 Å². The predicted octanol–water partition coefficient (Wildman–Crippen LogP) is 0.727. The quantitative estimate of drug-likeness (QED) is 0.719. The van der Waals surface area contributed by atoms with Gasteiger partial charge in [0.25, 0.3) is 0 Å². The van der Waals surface area contributed by atoms with E-state index in [1.165, 1.54) is 9.80 Å². The van der Waals surface area contributed by atoms with Crippen molar-refractivity contribution in [2.24, 2.45) is 5.92 Å². The van der Waals surface area contributed by atoms with Gasteiger partial charge in [0.15, 0.2) is 0 Å². The largest absolute Gasteiger partial charge is 0.480 e. The molecular formula is C11H22N2O4. The van der Waals surface area contributed by atoms with Crippen molar-refractivity contribution in [3.63, 3.8) is 0 Å². The summed E-state index contributed by atoms with van der Waals surface area (Å²) in [6, 6.07) is -0.279. The van der Waals surface area contributed by atoms with E-state index in [1.54, 1.807) is 14.2 Å². The Bertz CT molecular complexity index is 256. The Hall–Kier alpha value is -1.30. The highest BCUT2D eigenvalue weighted by atomic mass is 16.5. The van der Waals surface area contributed by atoms with Gasteiger partial charge in [-0.1, -0.05) is 13.8 Å². The maximum atomic E-state index is 12.0. The van der Waals surface area contributed by atoms with Gasteiger partial charge in [-0.05, 0) is 5.92 Å². The molecule has 0 saturated carbocycles. The van der Waals surface area contributed by atoms with Crippen LogP contribution < -0.4 is 0 Å². The summed E-state index contributed by atoms with van der Waals surface area (Å²) >= 11 is 0. The summed E-state index contributed by atoms with van der Waals surface area (Å²) in [6.45, 7) is 4.93. The fourth-order valence-electron chi connectivity index (χ4n) is 1.38. The zero-order valence-corrected chi connectivity index (χ0v) is 11.0. The molecule has 100 valence electrons. The topological polar surface area (TPSA) is 70.1 Å². The number of hydrogen-bond acceptors (Lipinski definition) is 3. The molecule has 0 aliphatic rings. The third kappa shape index (κ3) is 6.78. The second-order valence-electron chi connectivity index (χ2n) is 4.37. The van der Waals surface area contributed by atoms with E-state index < -0.39 is 5.97 Å². The first kappa shape index (κ1) is 15.7. The van der Waals surface area contributed by atoms with Gasteiger partial charge in [-0.25, -0.2) is 4.79 Å². The van der Waals surface area contributed by atoms with E-state index in [2.05, 4.69) is 0 Å². The molecule has 0 radical (unpaired) electrons. The van der Waals surface area contributed by atoms with Gasteiger partial charge >= 0.3 is 12.0 Å². The standard InChI is InChI=1S/C11H22N2O4/c1-9(2)7-13(8-10(14)15)11(16)12(3)5-6-17-4/h9H,5-8H2,1-4H3,(H,14,15). The average molecular weight is 246 g/mol. The molecule has 0 spiro atoms. The van der Waals surface area contributed by atoms with Crippen LogP contribution in [0.1, 0.15) is 13.8 Å². The summed E-state index contributed by atoms with van der Waals surface area (Å²) in [6.07, 6.45) is 0. The van der Waals surface area contributed by atoms with Crippen LogP contribution >= 0.6 is 0 Å². The maximum Gasteiger partial charge on any atom is 0.323 e. The van der Waals surface area contributed by atoms with Crippen molar-refractivity contribution in [1.82, 2.24) is 9.80 Å². The van der Waals surface area contributed by atoms with Crippen LogP contribution in [-0.2, 0) is 9.53 Å². The van der Waals surface area contributed by atoms with E-state index in [9.17, 15) is 9.59 Å². The fraction of sp³-hybridized carbons (Fsp3) is 0.818. The molecule has 0 heterocycles. The zero-order chi connectivity index (χ0) is 13.4. The summed E-state index contributed by atoms with van der Waals surface area (Å²) in [4.78, 5) is 25.5.